The number of aromatic nitrogens is 2. The van der Waals surface area contributed by atoms with E-state index in [1.165, 1.54) is 44.5 Å². The molecular weight excluding hydrogens is 608 g/mol. The van der Waals surface area contributed by atoms with Gasteiger partial charge in [0.05, 0.1) is 19.3 Å². The van der Waals surface area contributed by atoms with Gasteiger partial charge in [0.2, 0.25) is 11.5 Å². The molecule has 9 nitrogen and oxygen atoms in total. The fourth-order valence-electron chi connectivity index (χ4n) is 5.16. The molecule has 0 unspecified atom stereocenters. The molecule has 3 N–H and O–H groups in total. The predicted octanol–water partition coefficient (Wildman–Crippen LogP) is 4.97. The first kappa shape index (κ1) is 32.4. The summed E-state index contributed by atoms with van der Waals surface area (Å²) < 4.78 is 69.4. The Morgan fingerprint density at radius 2 is 1.89 bits per heavy atom. The number of rotatable bonds is 10. The Hall–Kier alpha value is -5.04. The lowest BCUT2D eigenvalue weighted by Gasteiger charge is -2.31. The van der Waals surface area contributed by atoms with Gasteiger partial charge in [-0.05, 0) is 61.9 Å². The van der Waals surface area contributed by atoms with Crippen molar-refractivity contribution in [2.75, 3.05) is 26.8 Å². The number of halogens is 4. The fraction of sp³-hybridized carbons (Fsp3) is 0.273. The second kappa shape index (κ2) is 12.4. The predicted molar refractivity (Wildman–Crippen MR) is 161 cm³/mol. The molecule has 3 heterocycles. The number of hydrogen-bond donors (Lipinski definition) is 3. The second-order valence-electron chi connectivity index (χ2n) is 11.0. The molecule has 2 amide bonds. The lowest BCUT2D eigenvalue weighted by Crippen LogP contribution is -2.52. The number of nitrogens with zero attached hydrogens (tertiary/aromatic N) is 2. The number of nitrogens with one attached hydrogen (secondary N) is 2. The van der Waals surface area contributed by atoms with Gasteiger partial charge in [0.1, 0.15) is 40.5 Å². The number of amides is 2. The van der Waals surface area contributed by atoms with Gasteiger partial charge in [0, 0.05) is 34.8 Å². The number of methoxy groups -OCH3 is 1. The van der Waals surface area contributed by atoms with E-state index in [-0.39, 0.29) is 47.0 Å². The highest BCUT2D eigenvalue weighted by molar-refractivity contribution is 6.00. The number of benzene rings is 2. The maximum absolute atomic E-state index is 14.8. The zero-order valence-corrected chi connectivity index (χ0v) is 24.9. The Bertz CT molecular complexity index is 1810. The summed E-state index contributed by atoms with van der Waals surface area (Å²) >= 11 is 0. The van der Waals surface area contributed by atoms with Crippen LogP contribution in [-0.4, -0.2) is 59.9 Å². The molecule has 4 aromatic rings. The van der Waals surface area contributed by atoms with Crippen LogP contribution in [0.4, 0.5) is 17.6 Å². The van der Waals surface area contributed by atoms with Gasteiger partial charge in [0.25, 0.3) is 5.91 Å². The third-order valence-electron chi connectivity index (χ3n) is 7.87. The third kappa shape index (κ3) is 5.85. The monoisotopic (exact) mass is 638 g/mol. The highest BCUT2D eigenvalue weighted by atomic mass is 19.4. The topological polar surface area (TPSA) is 123 Å². The smallest absolute Gasteiger partial charge is 0.424 e. The van der Waals surface area contributed by atoms with Crippen LogP contribution in [0.3, 0.4) is 0 Å². The Balaban J connectivity index is 1.58. The Morgan fingerprint density at radius 1 is 1.15 bits per heavy atom. The van der Waals surface area contributed by atoms with E-state index in [1.807, 2.05) is 0 Å². The van der Waals surface area contributed by atoms with Crippen molar-refractivity contribution >= 4 is 22.7 Å². The molecule has 5 rings (SSSR count). The lowest BCUT2D eigenvalue weighted by atomic mass is 9.81. The lowest BCUT2D eigenvalue weighted by molar-refractivity contribution is -0.265. The average molecular weight is 639 g/mol. The summed E-state index contributed by atoms with van der Waals surface area (Å²) in [6, 6.07) is 11.8. The van der Waals surface area contributed by atoms with Gasteiger partial charge >= 0.3 is 6.18 Å². The number of carbonyl (C=O) groups excluding carboxylic acids is 2. The zero-order valence-electron chi connectivity index (χ0n) is 24.9. The Kier molecular flexibility index (Phi) is 8.72. The summed E-state index contributed by atoms with van der Waals surface area (Å²) in [5.74, 6) is -1.81. The van der Waals surface area contributed by atoms with E-state index in [0.29, 0.717) is 17.3 Å². The molecule has 2 atom stereocenters. The molecule has 0 spiro atoms. The van der Waals surface area contributed by atoms with Crippen molar-refractivity contribution in [1.82, 2.24) is 20.6 Å². The van der Waals surface area contributed by atoms with E-state index in [4.69, 9.17) is 9.47 Å². The number of alkyl halides is 3. The standard InChI is InChI=1S/C33H30F4N4O5/c1-4-5-12-39-30(43)31(2)18-46-28-23(31)16-25(41-27(28)19-8-10-22(34)11-9-19)32(44,33(35,36)37)17-40-29(42)21-14-20-7-6-13-38-26(20)24(15-21)45-3/h4,6-11,13-16,44H,1,5,12,17-18H2,2-3H3,(H,39,43)(H,40,42)/t31-,32-/m0/s1. The molecule has 0 saturated carbocycles. The van der Waals surface area contributed by atoms with E-state index in [9.17, 15) is 32.3 Å². The minimum Gasteiger partial charge on any atom is -0.494 e. The fourth-order valence-corrected chi connectivity index (χ4v) is 5.16. The summed E-state index contributed by atoms with van der Waals surface area (Å²) in [7, 11) is 1.36. The van der Waals surface area contributed by atoms with Gasteiger partial charge in [0.15, 0.2) is 0 Å². The van der Waals surface area contributed by atoms with Crippen molar-refractivity contribution in [2.45, 2.75) is 30.5 Å². The van der Waals surface area contributed by atoms with Crippen LogP contribution in [0.25, 0.3) is 22.2 Å². The van der Waals surface area contributed by atoms with Crippen molar-refractivity contribution < 1.29 is 41.7 Å². The molecular formula is C33H30F4N4O5. The number of ether oxygens (including phenoxy) is 2. The molecule has 0 fully saturated rings. The average Bonchev–Trinajstić information content (AvgIpc) is 3.39. The molecule has 46 heavy (non-hydrogen) atoms. The summed E-state index contributed by atoms with van der Waals surface area (Å²) in [6.07, 6.45) is -1.78. The van der Waals surface area contributed by atoms with Crippen LogP contribution in [0.5, 0.6) is 11.5 Å². The molecule has 2 aromatic heterocycles. The number of carbonyl (C=O) groups is 2. The van der Waals surface area contributed by atoms with Crippen LogP contribution in [-0.2, 0) is 15.8 Å². The van der Waals surface area contributed by atoms with E-state index in [1.54, 1.807) is 18.2 Å². The van der Waals surface area contributed by atoms with Crippen LogP contribution in [0, 0.1) is 5.82 Å². The van der Waals surface area contributed by atoms with Gasteiger partial charge in [-0.15, -0.1) is 6.58 Å². The molecule has 1 aliphatic heterocycles. The van der Waals surface area contributed by atoms with Crippen LogP contribution < -0.4 is 20.1 Å². The van der Waals surface area contributed by atoms with Crippen molar-refractivity contribution in [1.29, 1.82) is 0 Å². The third-order valence-corrected chi connectivity index (χ3v) is 7.87. The normalized spacial score (nSPS) is 17.0. The first-order valence-electron chi connectivity index (χ1n) is 14.2. The molecule has 13 heteroatoms. The number of aliphatic hydroxyl groups is 1. The first-order valence-corrected chi connectivity index (χ1v) is 14.2. The van der Waals surface area contributed by atoms with Crippen molar-refractivity contribution in [2.24, 2.45) is 0 Å². The number of pyridine rings is 2. The Labute approximate surface area is 261 Å². The van der Waals surface area contributed by atoms with Crippen molar-refractivity contribution in [3.05, 3.63) is 96.1 Å². The SMILES string of the molecule is C=CCCNC(=O)[C@@]1(C)COc2c1cc([C@@](O)(CNC(=O)c1cc(OC)c3ncccc3c1)C(F)(F)F)nc2-c1ccc(F)cc1. The molecule has 0 radical (unpaired) electrons. The molecule has 0 saturated heterocycles. The summed E-state index contributed by atoms with van der Waals surface area (Å²) in [4.78, 5) is 34.9. The molecule has 240 valence electrons. The molecule has 0 bridgehead atoms. The summed E-state index contributed by atoms with van der Waals surface area (Å²) in [5.41, 5.74) is -5.61. The van der Waals surface area contributed by atoms with E-state index < -0.39 is 47.1 Å². The van der Waals surface area contributed by atoms with Crippen LogP contribution in [0.1, 0.15) is 35.0 Å². The van der Waals surface area contributed by atoms with Crippen LogP contribution in [0.2, 0.25) is 0 Å². The van der Waals surface area contributed by atoms with E-state index in [2.05, 4.69) is 27.2 Å². The van der Waals surface area contributed by atoms with Gasteiger partial charge < -0.3 is 25.2 Å². The number of hydrogen-bond acceptors (Lipinski definition) is 7. The molecule has 1 aliphatic rings. The van der Waals surface area contributed by atoms with Gasteiger partial charge in [-0.1, -0.05) is 12.1 Å². The van der Waals surface area contributed by atoms with E-state index >= 15 is 0 Å². The second-order valence-corrected chi connectivity index (χ2v) is 11.0. The maximum atomic E-state index is 14.8. The van der Waals surface area contributed by atoms with Crippen LogP contribution in [0.15, 0.2) is 73.4 Å². The van der Waals surface area contributed by atoms with E-state index in [0.717, 1.165) is 18.2 Å². The Morgan fingerprint density at radius 3 is 2.57 bits per heavy atom. The summed E-state index contributed by atoms with van der Waals surface area (Å²) in [6.45, 7) is 3.76. The molecule has 0 aliphatic carbocycles. The van der Waals surface area contributed by atoms with Crippen LogP contribution >= 0.6 is 0 Å². The van der Waals surface area contributed by atoms with Gasteiger partial charge in [-0.3, -0.25) is 14.6 Å². The minimum atomic E-state index is -5.35. The minimum absolute atomic E-state index is 0.0159. The van der Waals surface area contributed by atoms with Crippen molar-refractivity contribution in [3.63, 3.8) is 0 Å². The zero-order chi connectivity index (χ0) is 33.3. The first-order chi connectivity index (χ1) is 21.8. The highest BCUT2D eigenvalue weighted by Gasteiger charge is 2.58. The largest absolute Gasteiger partial charge is 0.494 e. The maximum Gasteiger partial charge on any atom is 0.424 e. The summed E-state index contributed by atoms with van der Waals surface area (Å²) in [5, 5.41) is 16.8. The number of fused-ring (bicyclic) bond motifs is 2. The van der Waals surface area contributed by atoms with Crippen molar-refractivity contribution in [3.8, 4) is 22.8 Å². The highest BCUT2D eigenvalue weighted by Crippen LogP contribution is 2.48. The van der Waals surface area contributed by atoms with Gasteiger partial charge in [-0.25, -0.2) is 9.37 Å². The van der Waals surface area contributed by atoms with Gasteiger partial charge in [-0.2, -0.15) is 13.2 Å². The quantitative estimate of drug-likeness (QED) is 0.127. The molecule has 2 aromatic carbocycles.